The summed E-state index contributed by atoms with van der Waals surface area (Å²) in [6.07, 6.45) is -5.88. The van der Waals surface area contributed by atoms with E-state index in [2.05, 4.69) is 4.98 Å². The summed E-state index contributed by atoms with van der Waals surface area (Å²) in [6.45, 7) is 0.788. The maximum atomic E-state index is 13.2. The Hall–Kier alpha value is -2.85. The average Bonchev–Trinajstić information content (AvgIpc) is 2.84. The Morgan fingerprint density at radius 2 is 1.87 bits per heavy atom. The smallest absolute Gasteiger partial charge is 0.422 e. The largest absolute Gasteiger partial charge is 0.491 e. The fraction of sp³-hybridized carbons (Fsp3) is 0.455. The fourth-order valence-corrected chi connectivity index (χ4v) is 5.02. The summed E-state index contributed by atoms with van der Waals surface area (Å²) in [5.74, 6) is -0.278. The highest BCUT2D eigenvalue weighted by atomic mass is 35.5. The van der Waals surface area contributed by atoms with Gasteiger partial charge in [-0.1, -0.05) is 11.6 Å². The molecule has 1 amide bonds. The van der Waals surface area contributed by atoms with Crippen LogP contribution in [0.5, 0.6) is 17.4 Å². The zero-order chi connectivity index (χ0) is 28.1. The molecule has 1 aliphatic heterocycles. The molecule has 38 heavy (non-hydrogen) atoms. The van der Waals surface area contributed by atoms with E-state index >= 15 is 0 Å². The minimum absolute atomic E-state index is 0.0713. The highest BCUT2D eigenvalue weighted by Gasteiger charge is 2.36. The number of hydrogen-bond acceptors (Lipinski definition) is 8. The zero-order valence-electron chi connectivity index (χ0n) is 20.4. The van der Waals surface area contributed by atoms with Gasteiger partial charge in [0.05, 0.1) is 18.7 Å². The molecule has 0 radical (unpaired) electrons. The van der Waals surface area contributed by atoms with Crippen molar-refractivity contribution in [2.45, 2.75) is 12.7 Å². The maximum absolute atomic E-state index is 13.2. The standard InChI is InChI=1S/C22H26ClF3N4O7S/c1-28-5-7-29(8-6-28)38(33,34)30(21(31)32)14-15-3-4-17(36-10-9-35-2)12-19(15)37-20-18(23)11-16(13-27-20)22(24,25)26/h3-4,11-13H,5-10,14H2,1-2H3,(H,31,32). The van der Waals surface area contributed by atoms with Gasteiger partial charge in [-0.2, -0.15) is 30.2 Å². The lowest BCUT2D eigenvalue weighted by Crippen LogP contribution is -2.53. The lowest BCUT2D eigenvalue weighted by Gasteiger charge is -2.34. The van der Waals surface area contributed by atoms with Crippen LogP contribution in [0.3, 0.4) is 0 Å². The summed E-state index contributed by atoms with van der Waals surface area (Å²) >= 11 is 5.98. The third-order valence-electron chi connectivity index (χ3n) is 5.53. The highest BCUT2D eigenvalue weighted by Crippen LogP contribution is 2.37. The minimum Gasteiger partial charge on any atom is -0.491 e. The first kappa shape index (κ1) is 29.7. The number of benzene rings is 1. The van der Waals surface area contributed by atoms with Gasteiger partial charge in [-0.3, -0.25) is 0 Å². The van der Waals surface area contributed by atoms with E-state index in [1.54, 1.807) is 0 Å². The zero-order valence-corrected chi connectivity index (χ0v) is 22.0. The number of pyridine rings is 1. The molecule has 210 valence electrons. The predicted molar refractivity (Wildman–Crippen MR) is 130 cm³/mol. The quantitative estimate of drug-likeness (QED) is 0.419. The molecule has 11 nitrogen and oxygen atoms in total. The van der Waals surface area contributed by atoms with Gasteiger partial charge in [0, 0.05) is 51.1 Å². The molecule has 0 bridgehead atoms. The summed E-state index contributed by atoms with van der Waals surface area (Å²) in [7, 11) is -1.13. The number of nitrogens with zero attached hydrogens (tertiary/aromatic N) is 4. The lowest BCUT2D eigenvalue weighted by molar-refractivity contribution is -0.137. The number of rotatable bonds is 10. The van der Waals surface area contributed by atoms with Gasteiger partial charge >= 0.3 is 22.5 Å². The van der Waals surface area contributed by atoms with E-state index in [4.69, 9.17) is 25.8 Å². The van der Waals surface area contributed by atoms with Crippen LogP contribution >= 0.6 is 11.6 Å². The van der Waals surface area contributed by atoms with Gasteiger partial charge < -0.3 is 24.2 Å². The molecule has 1 aliphatic rings. The Morgan fingerprint density at radius 1 is 1.18 bits per heavy atom. The van der Waals surface area contributed by atoms with Gasteiger partial charge in [0.2, 0.25) is 5.88 Å². The van der Waals surface area contributed by atoms with Crippen LogP contribution in [0.15, 0.2) is 30.5 Å². The molecule has 1 fully saturated rings. The average molecular weight is 583 g/mol. The number of alkyl halides is 3. The summed E-state index contributed by atoms with van der Waals surface area (Å²) in [5.41, 5.74) is -1.02. The van der Waals surface area contributed by atoms with E-state index < -0.39 is 45.5 Å². The number of ether oxygens (including phenoxy) is 3. The van der Waals surface area contributed by atoms with Crippen molar-refractivity contribution in [1.82, 2.24) is 18.5 Å². The predicted octanol–water partition coefficient (Wildman–Crippen LogP) is 3.54. The molecule has 1 N–H and O–H groups in total. The summed E-state index contributed by atoms with van der Waals surface area (Å²) in [5, 5.41) is 9.31. The fourth-order valence-electron chi connectivity index (χ4n) is 3.41. The van der Waals surface area contributed by atoms with E-state index in [0.29, 0.717) is 25.4 Å². The van der Waals surface area contributed by atoms with Gasteiger partial charge in [-0.05, 0) is 25.2 Å². The lowest BCUT2D eigenvalue weighted by atomic mass is 10.2. The number of aromatic nitrogens is 1. The number of piperazine rings is 1. The van der Waals surface area contributed by atoms with Crippen LogP contribution in [0, 0.1) is 0 Å². The Balaban J connectivity index is 1.95. The van der Waals surface area contributed by atoms with E-state index in [0.717, 1.165) is 4.31 Å². The molecule has 1 saturated heterocycles. The summed E-state index contributed by atoms with van der Waals surface area (Å²) in [6, 6.07) is 4.79. The van der Waals surface area contributed by atoms with Crippen molar-refractivity contribution < 1.29 is 45.7 Å². The second kappa shape index (κ2) is 12.3. The number of methoxy groups -OCH3 is 1. The van der Waals surface area contributed by atoms with Gasteiger partial charge in [0.1, 0.15) is 23.1 Å². The molecule has 0 unspecified atom stereocenters. The van der Waals surface area contributed by atoms with Crippen molar-refractivity contribution in [3.05, 3.63) is 46.6 Å². The van der Waals surface area contributed by atoms with Crippen molar-refractivity contribution >= 4 is 27.9 Å². The van der Waals surface area contributed by atoms with Gasteiger partial charge in [-0.15, -0.1) is 0 Å². The Labute approximate surface area is 222 Å². The SMILES string of the molecule is COCCOc1ccc(CN(C(=O)O)S(=O)(=O)N2CCN(C)CC2)c(Oc2ncc(C(F)(F)F)cc2Cl)c1. The van der Waals surface area contributed by atoms with E-state index in [1.807, 2.05) is 11.9 Å². The molecule has 0 saturated carbocycles. The van der Waals surface area contributed by atoms with Crippen LogP contribution in [0.1, 0.15) is 11.1 Å². The molecule has 2 heterocycles. The topological polar surface area (TPSA) is 122 Å². The molecule has 2 aromatic rings. The second-order valence-corrected chi connectivity index (χ2v) is 10.5. The molecular weight excluding hydrogens is 557 g/mol. The van der Waals surface area contributed by atoms with Gasteiger partial charge in [-0.25, -0.2) is 9.78 Å². The van der Waals surface area contributed by atoms with Crippen LogP contribution in [0.4, 0.5) is 18.0 Å². The first-order chi connectivity index (χ1) is 17.8. The number of halogens is 4. The first-order valence-electron chi connectivity index (χ1n) is 11.2. The maximum Gasteiger partial charge on any atom is 0.422 e. The number of carboxylic acid groups (broad SMARTS) is 1. The number of hydrogen-bond donors (Lipinski definition) is 1. The van der Waals surface area contributed by atoms with E-state index in [9.17, 15) is 31.5 Å². The molecular formula is C22H26ClF3N4O7S. The van der Waals surface area contributed by atoms with Crippen molar-refractivity contribution in [1.29, 1.82) is 0 Å². The van der Waals surface area contributed by atoms with Crippen LogP contribution in [-0.4, -0.2) is 91.7 Å². The molecule has 0 aliphatic carbocycles. The number of carbonyl (C=O) groups is 1. The van der Waals surface area contributed by atoms with E-state index in [1.165, 1.54) is 25.3 Å². The van der Waals surface area contributed by atoms with Crippen LogP contribution < -0.4 is 9.47 Å². The van der Waals surface area contributed by atoms with Crippen LogP contribution in [-0.2, 0) is 27.7 Å². The minimum atomic E-state index is -4.69. The number of likely N-dealkylation sites (N-methyl/N-ethyl adjacent to an activating group) is 1. The first-order valence-corrected chi connectivity index (χ1v) is 12.9. The third-order valence-corrected chi connectivity index (χ3v) is 7.66. The van der Waals surface area contributed by atoms with Crippen molar-refractivity contribution in [3.8, 4) is 17.4 Å². The Kier molecular flexibility index (Phi) is 9.64. The Morgan fingerprint density at radius 3 is 2.45 bits per heavy atom. The highest BCUT2D eigenvalue weighted by molar-refractivity contribution is 7.87. The molecule has 1 aromatic carbocycles. The molecule has 1 aromatic heterocycles. The summed E-state index contributed by atoms with van der Waals surface area (Å²) < 4.78 is 82.8. The Bertz CT molecular complexity index is 1240. The van der Waals surface area contributed by atoms with Crippen molar-refractivity contribution in [2.75, 3.05) is 53.6 Å². The van der Waals surface area contributed by atoms with E-state index in [-0.39, 0.29) is 47.7 Å². The second-order valence-electron chi connectivity index (χ2n) is 8.22. The normalized spacial score (nSPS) is 15.3. The number of amides is 1. The van der Waals surface area contributed by atoms with Gasteiger partial charge in [0.25, 0.3) is 0 Å². The van der Waals surface area contributed by atoms with Crippen molar-refractivity contribution in [3.63, 3.8) is 0 Å². The van der Waals surface area contributed by atoms with Crippen molar-refractivity contribution in [2.24, 2.45) is 0 Å². The molecule has 0 atom stereocenters. The third kappa shape index (κ3) is 7.38. The van der Waals surface area contributed by atoms with Crippen LogP contribution in [0.25, 0.3) is 0 Å². The molecule has 0 spiro atoms. The monoisotopic (exact) mass is 582 g/mol. The van der Waals surface area contributed by atoms with Crippen LogP contribution in [0.2, 0.25) is 5.02 Å². The molecule has 16 heteroatoms. The van der Waals surface area contributed by atoms with Gasteiger partial charge in [0.15, 0.2) is 0 Å². The summed E-state index contributed by atoms with van der Waals surface area (Å²) in [4.78, 5) is 17.6. The molecule has 3 rings (SSSR count).